The Hall–Kier alpha value is -2.12. The van der Waals surface area contributed by atoms with E-state index in [1.165, 1.54) is 0 Å². The van der Waals surface area contributed by atoms with Crippen molar-refractivity contribution >= 4 is 23.7 Å². The first-order valence-corrected chi connectivity index (χ1v) is 5.40. The third-order valence-corrected chi connectivity index (χ3v) is 1.93. The van der Waals surface area contributed by atoms with Crippen LogP contribution in [0.4, 0.5) is 0 Å². The lowest BCUT2D eigenvalue weighted by atomic mass is 10.4. The molecule has 0 aromatic heterocycles. The molecule has 2 amide bonds. The van der Waals surface area contributed by atoms with Crippen molar-refractivity contribution < 1.29 is 28.8 Å². The number of oxime groups is 1. The molecule has 18 heavy (non-hydrogen) atoms. The van der Waals surface area contributed by atoms with Gasteiger partial charge in [-0.15, -0.1) is 5.06 Å². The van der Waals surface area contributed by atoms with Crippen LogP contribution in [0.25, 0.3) is 0 Å². The zero-order valence-electron chi connectivity index (χ0n) is 10.2. The van der Waals surface area contributed by atoms with Crippen LogP contribution in [-0.2, 0) is 28.8 Å². The van der Waals surface area contributed by atoms with E-state index in [1.807, 2.05) is 0 Å². The summed E-state index contributed by atoms with van der Waals surface area (Å²) < 4.78 is 4.95. The Balaban J connectivity index is 2.32. The fraction of sp³-hybridized carbons (Fsp3) is 0.600. The highest BCUT2D eigenvalue weighted by Crippen LogP contribution is 2.11. The molecule has 8 nitrogen and oxygen atoms in total. The average molecular weight is 258 g/mol. The second-order valence-electron chi connectivity index (χ2n) is 3.36. The molecule has 0 atom stereocenters. The molecule has 1 aliphatic rings. The van der Waals surface area contributed by atoms with Gasteiger partial charge >= 0.3 is 5.97 Å². The summed E-state index contributed by atoms with van der Waals surface area (Å²) in [4.78, 5) is 42.6. The van der Waals surface area contributed by atoms with E-state index in [9.17, 15) is 14.4 Å². The molecule has 0 N–H and O–H groups in total. The SMILES string of the molecule is CCO/C(C)=N\OCC(=O)ON1C(=O)CCC1=O. The molecule has 1 saturated heterocycles. The summed E-state index contributed by atoms with van der Waals surface area (Å²) in [6.45, 7) is 3.25. The summed E-state index contributed by atoms with van der Waals surface area (Å²) in [5.74, 6) is -1.70. The summed E-state index contributed by atoms with van der Waals surface area (Å²) >= 11 is 0. The molecule has 0 aliphatic carbocycles. The topological polar surface area (TPSA) is 94.5 Å². The molecular formula is C10H14N2O6. The maximum absolute atomic E-state index is 11.2. The fourth-order valence-electron chi connectivity index (χ4n) is 1.20. The van der Waals surface area contributed by atoms with Gasteiger partial charge in [-0.3, -0.25) is 9.59 Å². The molecule has 0 aromatic carbocycles. The second-order valence-corrected chi connectivity index (χ2v) is 3.36. The number of amides is 2. The maximum atomic E-state index is 11.2. The maximum Gasteiger partial charge on any atom is 0.373 e. The Labute approximate surface area is 103 Å². The molecule has 0 aromatic rings. The van der Waals surface area contributed by atoms with E-state index in [0.717, 1.165) is 0 Å². The zero-order chi connectivity index (χ0) is 13.5. The zero-order valence-corrected chi connectivity index (χ0v) is 10.2. The second kappa shape index (κ2) is 6.58. The van der Waals surface area contributed by atoms with Crippen molar-refractivity contribution in [2.45, 2.75) is 26.7 Å². The molecular weight excluding hydrogens is 244 g/mol. The van der Waals surface area contributed by atoms with Crippen LogP contribution in [0, 0.1) is 0 Å². The van der Waals surface area contributed by atoms with Gasteiger partial charge in [-0.05, 0) is 6.92 Å². The third-order valence-electron chi connectivity index (χ3n) is 1.93. The first-order valence-electron chi connectivity index (χ1n) is 5.40. The summed E-state index contributed by atoms with van der Waals surface area (Å²) in [5, 5.41) is 3.92. The average Bonchev–Trinajstić information content (AvgIpc) is 2.61. The quantitative estimate of drug-likeness (QED) is 0.298. The molecule has 0 unspecified atom stereocenters. The van der Waals surface area contributed by atoms with Crippen molar-refractivity contribution in [3.05, 3.63) is 0 Å². The van der Waals surface area contributed by atoms with E-state index in [0.29, 0.717) is 11.7 Å². The molecule has 1 heterocycles. The molecule has 8 heteroatoms. The summed E-state index contributed by atoms with van der Waals surface area (Å²) in [6.07, 6.45) is 0.100. The molecule has 0 spiro atoms. The van der Waals surface area contributed by atoms with E-state index in [1.54, 1.807) is 13.8 Å². The standard InChI is InChI=1S/C10H14N2O6/c1-3-16-7(2)11-17-6-10(15)18-12-8(13)4-5-9(12)14/h3-6H2,1-2H3/b11-7-. The lowest BCUT2D eigenvalue weighted by Crippen LogP contribution is -2.33. The van der Waals surface area contributed by atoms with Gasteiger partial charge in [0.15, 0.2) is 0 Å². The highest BCUT2D eigenvalue weighted by molar-refractivity contribution is 6.01. The van der Waals surface area contributed by atoms with Crippen LogP contribution >= 0.6 is 0 Å². The molecule has 1 aliphatic heterocycles. The first-order chi connectivity index (χ1) is 8.54. The van der Waals surface area contributed by atoms with E-state index in [4.69, 9.17) is 4.74 Å². The number of ether oxygens (including phenoxy) is 1. The molecule has 1 fully saturated rings. The van der Waals surface area contributed by atoms with Crippen LogP contribution in [0.3, 0.4) is 0 Å². The van der Waals surface area contributed by atoms with Crippen LogP contribution in [0.2, 0.25) is 0 Å². The Kier molecular flexibility index (Phi) is 5.09. The third kappa shape index (κ3) is 4.04. The predicted octanol–water partition coefficient (Wildman–Crippen LogP) is -0.0199. The Morgan fingerprint density at radius 3 is 2.50 bits per heavy atom. The van der Waals surface area contributed by atoms with Crippen LogP contribution in [0.5, 0.6) is 0 Å². The summed E-state index contributed by atoms with van der Waals surface area (Å²) in [6, 6.07) is 0. The number of hydrogen-bond donors (Lipinski definition) is 0. The van der Waals surface area contributed by atoms with Crippen molar-refractivity contribution in [3.8, 4) is 0 Å². The van der Waals surface area contributed by atoms with Gasteiger partial charge in [-0.2, -0.15) is 0 Å². The number of rotatable bonds is 5. The van der Waals surface area contributed by atoms with E-state index < -0.39 is 24.4 Å². The van der Waals surface area contributed by atoms with Crippen LogP contribution in [-0.4, -0.2) is 42.0 Å². The minimum atomic E-state index is -0.883. The van der Waals surface area contributed by atoms with Gasteiger partial charge in [0, 0.05) is 19.8 Å². The van der Waals surface area contributed by atoms with Gasteiger partial charge in [0.1, 0.15) is 0 Å². The fourth-order valence-corrected chi connectivity index (χ4v) is 1.20. The van der Waals surface area contributed by atoms with Gasteiger partial charge in [0.25, 0.3) is 11.8 Å². The molecule has 100 valence electrons. The van der Waals surface area contributed by atoms with Crippen molar-refractivity contribution in [1.29, 1.82) is 0 Å². The van der Waals surface area contributed by atoms with Crippen molar-refractivity contribution in [2.75, 3.05) is 13.2 Å². The summed E-state index contributed by atoms with van der Waals surface area (Å²) in [7, 11) is 0. The van der Waals surface area contributed by atoms with Gasteiger partial charge in [-0.25, -0.2) is 4.79 Å². The van der Waals surface area contributed by atoms with Crippen molar-refractivity contribution in [3.63, 3.8) is 0 Å². The minimum absolute atomic E-state index is 0.0502. The number of carbonyl (C=O) groups is 3. The molecule has 0 saturated carbocycles. The van der Waals surface area contributed by atoms with Crippen LogP contribution < -0.4 is 0 Å². The van der Waals surface area contributed by atoms with Gasteiger partial charge in [-0.1, -0.05) is 5.16 Å². The van der Waals surface area contributed by atoms with Crippen molar-refractivity contribution in [2.24, 2.45) is 5.16 Å². The lowest BCUT2D eigenvalue weighted by Gasteiger charge is -2.11. The van der Waals surface area contributed by atoms with Gasteiger partial charge in [0.05, 0.1) is 6.61 Å². The highest BCUT2D eigenvalue weighted by atomic mass is 16.7. The molecule has 0 bridgehead atoms. The first kappa shape index (κ1) is 13.9. The highest BCUT2D eigenvalue weighted by Gasteiger charge is 2.32. The Bertz CT molecular complexity index is 363. The number of nitrogens with zero attached hydrogens (tertiary/aromatic N) is 2. The summed E-state index contributed by atoms with van der Waals surface area (Å²) in [5.41, 5.74) is 0. The van der Waals surface area contributed by atoms with Gasteiger partial charge in [0.2, 0.25) is 12.5 Å². The van der Waals surface area contributed by atoms with E-state index in [-0.39, 0.29) is 18.7 Å². The monoisotopic (exact) mass is 258 g/mol. The van der Waals surface area contributed by atoms with Gasteiger partial charge < -0.3 is 14.4 Å². The molecule has 0 radical (unpaired) electrons. The molecule has 1 rings (SSSR count). The number of imide groups is 1. The van der Waals surface area contributed by atoms with Crippen LogP contribution in [0.1, 0.15) is 26.7 Å². The largest absolute Gasteiger partial charge is 0.479 e. The predicted molar refractivity (Wildman–Crippen MR) is 57.9 cm³/mol. The number of hydrogen-bond acceptors (Lipinski definition) is 7. The minimum Gasteiger partial charge on any atom is -0.479 e. The number of carbonyl (C=O) groups excluding carboxylic acids is 3. The number of hydroxylamine groups is 2. The Morgan fingerprint density at radius 2 is 1.94 bits per heavy atom. The smallest absolute Gasteiger partial charge is 0.373 e. The van der Waals surface area contributed by atoms with Crippen LogP contribution in [0.15, 0.2) is 5.16 Å². The van der Waals surface area contributed by atoms with E-state index >= 15 is 0 Å². The van der Waals surface area contributed by atoms with Crippen molar-refractivity contribution in [1.82, 2.24) is 5.06 Å². The van der Waals surface area contributed by atoms with E-state index in [2.05, 4.69) is 14.8 Å². The normalized spacial score (nSPS) is 15.9. The Morgan fingerprint density at radius 1 is 1.33 bits per heavy atom. The lowest BCUT2D eigenvalue weighted by molar-refractivity contribution is -0.200.